The van der Waals surface area contributed by atoms with Crippen LogP contribution in [-0.4, -0.2) is 8.42 Å². The number of nitrogens with one attached hydrogen (secondary N) is 1. The van der Waals surface area contributed by atoms with E-state index in [1.807, 2.05) is 12.1 Å². The van der Waals surface area contributed by atoms with Gasteiger partial charge >= 0.3 is 0 Å². The van der Waals surface area contributed by atoms with Crippen LogP contribution in [0, 0.1) is 6.92 Å². The van der Waals surface area contributed by atoms with Gasteiger partial charge in [0, 0.05) is 10.6 Å². The number of halogens is 1. The minimum Gasteiger partial charge on any atom is -0.280 e. The second kappa shape index (κ2) is 5.74. The van der Waals surface area contributed by atoms with E-state index in [-0.39, 0.29) is 5.41 Å². The molecule has 0 aliphatic carbocycles. The second-order valence-corrected chi connectivity index (χ2v) is 10.2. The van der Waals surface area contributed by atoms with Crippen molar-refractivity contribution >= 4 is 43.0 Å². The molecule has 114 valence electrons. The molecule has 0 aliphatic heterocycles. The first-order chi connectivity index (χ1) is 9.59. The van der Waals surface area contributed by atoms with Crippen molar-refractivity contribution in [2.45, 2.75) is 38.0 Å². The van der Waals surface area contributed by atoms with Gasteiger partial charge in [0.15, 0.2) is 0 Å². The summed E-state index contributed by atoms with van der Waals surface area (Å²) in [4.78, 5) is 1.08. The van der Waals surface area contributed by atoms with E-state index in [2.05, 4.69) is 41.4 Å². The van der Waals surface area contributed by atoms with Crippen molar-refractivity contribution in [2.24, 2.45) is 0 Å². The van der Waals surface area contributed by atoms with Gasteiger partial charge in [0.25, 0.3) is 10.0 Å². The molecule has 3 nitrogen and oxygen atoms in total. The van der Waals surface area contributed by atoms with Crippen LogP contribution < -0.4 is 4.72 Å². The molecule has 0 atom stereocenters. The number of benzene rings is 1. The van der Waals surface area contributed by atoms with Gasteiger partial charge in [-0.2, -0.15) is 0 Å². The first kappa shape index (κ1) is 16.5. The molecule has 1 heterocycles. The molecule has 21 heavy (non-hydrogen) atoms. The Morgan fingerprint density at radius 1 is 1.14 bits per heavy atom. The smallest absolute Gasteiger partial charge is 0.263 e. The normalized spacial score (nSPS) is 12.4. The quantitative estimate of drug-likeness (QED) is 0.812. The molecule has 1 aromatic carbocycles. The van der Waals surface area contributed by atoms with Gasteiger partial charge in [0.05, 0.1) is 3.79 Å². The summed E-state index contributed by atoms with van der Waals surface area (Å²) in [7, 11) is -3.54. The van der Waals surface area contributed by atoms with Gasteiger partial charge in [-0.25, -0.2) is 8.42 Å². The second-order valence-electron chi connectivity index (χ2n) is 5.90. The average Bonchev–Trinajstić information content (AvgIpc) is 2.68. The number of thiophene rings is 1. The van der Waals surface area contributed by atoms with E-state index in [0.717, 1.165) is 8.66 Å². The van der Waals surface area contributed by atoms with Gasteiger partial charge in [0.1, 0.15) is 4.90 Å². The zero-order chi connectivity index (χ0) is 15.8. The molecule has 6 heteroatoms. The third kappa shape index (κ3) is 3.87. The maximum Gasteiger partial charge on any atom is 0.263 e. The van der Waals surface area contributed by atoms with Gasteiger partial charge < -0.3 is 0 Å². The van der Waals surface area contributed by atoms with E-state index in [0.29, 0.717) is 10.6 Å². The van der Waals surface area contributed by atoms with Gasteiger partial charge in [-0.05, 0) is 52.0 Å². The number of rotatable bonds is 3. The van der Waals surface area contributed by atoms with E-state index < -0.39 is 10.0 Å². The lowest BCUT2D eigenvalue weighted by Gasteiger charge is -2.19. The number of hydrogen-bond donors (Lipinski definition) is 1. The fraction of sp³-hybridized carbons (Fsp3) is 0.333. The van der Waals surface area contributed by atoms with Gasteiger partial charge in [-0.15, -0.1) is 11.3 Å². The number of anilines is 1. The molecule has 0 fully saturated rings. The summed E-state index contributed by atoms with van der Waals surface area (Å²) >= 11 is 4.73. The summed E-state index contributed by atoms with van der Waals surface area (Å²) in [6, 6.07) is 9.14. The maximum atomic E-state index is 12.4. The Morgan fingerprint density at radius 3 is 2.14 bits per heavy atom. The molecular formula is C15H18BrNO2S2. The van der Waals surface area contributed by atoms with Crippen LogP contribution in [0.3, 0.4) is 0 Å². The molecule has 1 N–H and O–H groups in total. The van der Waals surface area contributed by atoms with Crippen molar-refractivity contribution in [2.75, 3.05) is 4.72 Å². The lowest BCUT2D eigenvalue weighted by molar-refractivity contribution is 0.590. The Balaban J connectivity index is 2.27. The number of hydrogen-bond acceptors (Lipinski definition) is 3. The van der Waals surface area contributed by atoms with E-state index in [4.69, 9.17) is 0 Å². The van der Waals surface area contributed by atoms with Crippen molar-refractivity contribution < 1.29 is 8.42 Å². The molecule has 0 unspecified atom stereocenters. The Labute approximate surface area is 138 Å². The Bertz CT molecular complexity index is 741. The average molecular weight is 388 g/mol. The monoisotopic (exact) mass is 387 g/mol. The molecular weight excluding hydrogens is 370 g/mol. The van der Waals surface area contributed by atoms with Gasteiger partial charge in [0.2, 0.25) is 0 Å². The summed E-state index contributed by atoms with van der Waals surface area (Å²) < 4.78 is 28.2. The zero-order valence-electron chi connectivity index (χ0n) is 12.4. The van der Waals surface area contributed by atoms with E-state index in [1.165, 1.54) is 16.9 Å². The highest BCUT2D eigenvalue weighted by atomic mass is 79.9. The number of aryl methyl sites for hydroxylation is 1. The molecule has 0 amide bonds. The third-order valence-electron chi connectivity index (χ3n) is 3.13. The molecule has 2 aromatic rings. The standard InChI is InChI=1S/C15H18BrNO2S2/c1-10-13(9-14(16)20-10)21(18,19)17-12-7-5-11(6-8-12)15(2,3)4/h5-9,17H,1-4H3. The molecule has 0 spiro atoms. The predicted octanol–water partition coefficient (Wildman–Crippen LogP) is 4.92. The van der Waals surface area contributed by atoms with Crippen LogP contribution in [0.15, 0.2) is 39.0 Å². The highest BCUT2D eigenvalue weighted by Gasteiger charge is 2.20. The first-order valence-electron chi connectivity index (χ1n) is 6.49. The Hall–Kier alpha value is -0.850. The van der Waals surface area contributed by atoms with Crippen molar-refractivity contribution in [1.29, 1.82) is 0 Å². The zero-order valence-corrected chi connectivity index (χ0v) is 15.6. The molecule has 2 rings (SSSR count). The maximum absolute atomic E-state index is 12.4. The topological polar surface area (TPSA) is 46.2 Å². The molecule has 0 saturated carbocycles. The fourth-order valence-corrected chi connectivity index (χ4v) is 5.42. The summed E-state index contributed by atoms with van der Waals surface area (Å²) in [6.07, 6.45) is 0. The van der Waals surface area contributed by atoms with Crippen LogP contribution >= 0.6 is 27.3 Å². The van der Waals surface area contributed by atoms with Crippen molar-refractivity contribution in [3.05, 3.63) is 44.6 Å². The van der Waals surface area contributed by atoms with E-state index >= 15 is 0 Å². The van der Waals surface area contributed by atoms with Crippen molar-refractivity contribution in [3.8, 4) is 0 Å². The minimum absolute atomic E-state index is 0.0478. The lowest BCUT2D eigenvalue weighted by Crippen LogP contribution is -2.14. The third-order valence-corrected chi connectivity index (χ3v) is 6.33. The summed E-state index contributed by atoms with van der Waals surface area (Å²) in [5.41, 5.74) is 1.79. The lowest BCUT2D eigenvalue weighted by atomic mass is 9.87. The first-order valence-corrected chi connectivity index (χ1v) is 9.58. The van der Waals surface area contributed by atoms with Gasteiger partial charge in [-0.3, -0.25) is 4.72 Å². The fourth-order valence-electron chi connectivity index (χ4n) is 1.95. The van der Waals surface area contributed by atoms with Crippen LogP contribution in [0.4, 0.5) is 5.69 Å². The van der Waals surface area contributed by atoms with Crippen LogP contribution in [0.1, 0.15) is 31.2 Å². The molecule has 0 bridgehead atoms. The largest absolute Gasteiger partial charge is 0.280 e. The van der Waals surface area contributed by atoms with Crippen molar-refractivity contribution in [3.63, 3.8) is 0 Å². The van der Waals surface area contributed by atoms with Crippen LogP contribution in [-0.2, 0) is 15.4 Å². The summed E-state index contributed by atoms with van der Waals surface area (Å²) in [5.74, 6) is 0. The summed E-state index contributed by atoms with van der Waals surface area (Å²) in [5, 5.41) is 0. The van der Waals surface area contributed by atoms with Crippen molar-refractivity contribution in [1.82, 2.24) is 0 Å². The van der Waals surface area contributed by atoms with Gasteiger partial charge in [-0.1, -0.05) is 32.9 Å². The van der Waals surface area contributed by atoms with E-state index in [1.54, 1.807) is 25.1 Å². The van der Waals surface area contributed by atoms with Crippen LogP contribution in [0.25, 0.3) is 0 Å². The SMILES string of the molecule is Cc1sc(Br)cc1S(=O)(=O)Nc1ccc(C(C)(C)C)cc1. The minimum atomic E-state index is -3.54. The van der Waals surface area contributed by atoms with Crippen LogP contribution in [0.2, 0.25) is 0 Å². The molecule has 1 aromatic heterocycles. The highest BCUT2D eigenvalue weighted by Crippen LogP contribution is 2.31. The van der Waals surface area contributed by atoms with Crippen LogP contribution in [0.5, 0.6) is 0 Å². The number of sulfonamides is 1. The Morgan fingerprint density at radius 2 is 1.71 bits per heavy atom. The molecule has 0 radical (unpaired) electrons. The highest BCUT2D eigenvalue weighted by molar-refractivity contribution is 9.11. The predicted molar refractivity (Wildman–Crippen MR) is 92.7 cm³/mol. The molecule has 0 aliphatic rings. The molecule has 0 saturated heterocycles. The van der Waals surface area contributed by atoms with E-state index in [9.17, 15) is 8.42 Å². The summed E-state index contributed by atoms with van der Waals surface area (Å²) in [6.45, 7) is 8.17. The Kier molecular flexibility index (Phi) is 4.52.